The molecule has 0 spiro atoms. The van der Waals surface area contributed by atoms with Gasteiger partial charge in [0.25, 0.3) is 5.56 Å². The number of amides is 1. The van der Waals surface area contributed by atoms with Crippen LogP contribution in [0.2, 0.25) is 0 Å². The maximum Gasteiger partial charge on any atom is 0.262 e. The van der Waals surface area contributed by atoms with Gasteiger partial charge in [0.1, 0.15) is 0 Å². The first-order valence-corrected chi connectivity index (χ1v) is 7.52. The van der Waals surface area contributed by atoms with Crippen LogP contribution in [0.25, 0.3) is 10.9 Å². The summed E-state index contributed by atoms with van der Waals surface area (Å²) in [6.07, 6.45) is 1.13. The van der Waals surface area contributed by atoms with Gasteiger partial charge in [-0.15, -0.1) is 0 Å². The lowest BCUT2D eigenvalue weighted by Crippen LogP contribution is -2.23. The first-order valence-electron chi connectivity index (χ1n) is 6.54. The van der Waals surface area contributed by atoms with Crippen LogP contribution in [0.15, 0.2) is 34.2 Å². The number of para-hydroxylation sites is 1. The highest BCUT2D eigenvalue weighted by atomic mass is 32.2. The van der Waals surface area contributed by atoms with Crippen LogP contribution in [0.4, 0.5) is 0 Å². The Morgan fingerprint density at radius 3 is 2.85 bits per heavy atom. The topological polar surface area (TPSA) is 78.0 Å². The van der Waals surface area contributed by atoms with Crippen LogP contribution in [-0.4, -0.2) is 21.2 Å². The Morgan fingerprint density at radius 2 is 2.15 bits per heavy atom. The van der Waals surface area contributed by atoms with Gasteiger partial charge in [0.05, 0.1) is 10.9 Å². The van der Waals surface area contributed by atoms with Gasteiger partial charge >= 0.3 is 0 Å². The van der Waals surface area contributed by atoms with Gasteiger partial charge in [0, 0.05) is 18.7 Å². The molecular weight excluding hydrogens is 274 g/mol. The van der Waals surface area contributed by atoms with E-state index in [4.69, 9.17) is 5.73 Å². The molecule has 0 aliphatic carbocycles. The highest BCUT2D eigenvalue weighted by Crippen LogP contribution is 2.18. The Hall–Kier alpha value is -1.82. The van der Waals surface area contributed by atoms with Crippen molar-refractivity contribution in [2.75, 3.05) is 5.75 Å². The van der Waals surface area contributed by atoms with E-state index in [1.165, 1.54) is 11.8 Å². The monoisotopic (exact) mass is 291 g/mol. The Morgan fingerprint density at radius 1 is 1.40 bits per heavy atom. The summed E-state index contributed by atoms with van der Waals surface area (Å²) in [5.41, 5.74) is 5.79. The smallest absolute Gasteiger partial charge is 0.262 e. The molecule has 5 nitrogen and oxygen atoms in total. The fourth-order valence-corrected chi connectivity index (χ4v) is 2.90. The number of primary amides is 1. The quantitative estimate of drug-likeness (QED) is 0.650. The number of benzene rings is 1. The first-order chi connectivity index (χ1) is 9.63. The number of rotatable bonds is 6. The maximum atomic E-state index is 12.5. The molecule has 0 saturated carbocycles. The molecule has 1 amide bonds. The Balaban J connectivity index is 2.42. The van der Waals surface area contributed by atoms with Crippen LogP contribution in [-0.2, 0) is 11.3 Å². The summed E-state index contributed by atoms with van der Waals surface area (Å²) < 4.78 is 1.67. The maximum absolute atomic E-state index is 12.5. The van der Waals surface area contributed by atoms with E-state index in [-0.39, 0.29) is 17.9 Å². The SMILES string of the molecule is CCCn1c(SCCC(N)=O)nc2ccccc2c1=O. The number of thioether (sulfide) groups is 1. The lowest BCUT2D eigenvalue weighted by molar-refractivity contribution is -0.117. The standard InChI is InChI=1S/C14H17N3O2S/c1-2-8-17-13(19)10-5-3-4-6-11(10)16-14(17)20-9-7-12(15)18/h3-6H,2,7-9H2,1H3,(H2,15,18). The summed E-state index contributed by atoms with van der Waals surface area (Å²) in [4.78, 5) is 27.8. The second kappa shape index (κ2) is 6.56. The van der Waals surface area contributed by atoms with E-state index >= 15 is 0 Å². The largest absolute Gasteiger partial charge is 0.370 e. The normalized spacial score (nSPS) is 10.8. The van der Waals surface area contributed by atoms with Crippen molar-refractivity contribution in [1.29, 1.82) is 0 Å². The van der Waals surface area contributed by atoms with Crippen LogP contribution < -0.4 is 11.3 Å². The average Bonchev–Trinajstić information content (AvgIpc) is 2.42. The molecule has 0 atom stereocenters. The zero-order valence-electron chi connectivity index (χ0n) is 11.3. The number of aromatic nitrogens is 2. The third-order valence-corrected chi connectivity index (χ3v) is 3.83. The number of nitrogens with two attached hydrogens (primary N) is 1. The van der Waals surface area contributed by atoms with Crippen LogP contribution >= 0.6 is 11.8 Å². The zero-order valence-corrected chi connectivity index (χ0v) is 12.2. The molecule has 2 rings (SSSR count). The van der Waals surface area contributed by atoms with Crippen molar-refractivity contribution in [3.05, 3.63) is 34.6 Å². The fraction of sp³-hybridized carbons (Fsp3) is 0.357. The highest BCUT2D eigenvalue weighted by Gasteiger charge is 2.10. The second-order valence-corrected chi connectivity index (χ2v) is 5.50. The van der Waals surface area contributed by atoms with Crippen LogP contribution in [0, 0.1) is 0 Å². The summed E-state index contributed by atoms with van der Waals surface area (Å²) >= 11 is 1.40. The van der Waals surface area contributed by atoms with Gasteiger partial charge in [-0.05, 0) is 18.6 Å². The van der Waals surface area contributed by atoms with Crippen molar-refractivity contribution in [3.63, 3.8) is 0 Å². The second-order valence-electron chi connectivity index (χ2n) is 4.43. The number of carbonyl (C=O) groups excluding carboxylic acids is 1. The first kappa shape index (κ1) is 14.6. The number of fused-ring (bicyclic) bond motifs is 1. The Kier molecular flexibility index (Phi) is 4.79. The van der Waals surface area contributed by atoms with Crippen molar-refractivity contribution < 1.29 is 4.79 Å². The summed E-state index contributed by atoms with van der Waals surface area (Å²) in [6.45, 7) is 2.63. The molecule has 1 aromatic heterocycles. The minimum atomic E-state index is -0.345. The van der Waals surface area contributed by atoms with Gasteiger partial charge < -0.3 is 5.73 Å². The lowest BCUT2D eigenvalue weighted by Gasteiger charge is -2.11. The van der Waals surface area contributed by atoms with Gasteiger partial charge in [0.2, 0.25) is 5.91 Å². The molecule has 0 fully saturated rings. The third-order valence-electron chi connectivity index (χ3n) is 2.85. The molecule has 2 aromatic rings. The van der Waals surface area contributed by atoms with Crippen molar-refractivity contribution in [1.82, 2.24) is 9.55 Å². The van der Waals surface area contributed by atoms with E-state index in [0.29, 0.717) is 28.4 Å². The number of carbonyl (C=O) groups is 1. The molecule has 1 aromatic carbocycles. The molecule has 20 heavy (non-hydrogen) atoms. The van der Waals surface area contributed by atoms with Gasteiger partial charge in [-0.1, -0.05) is 30.8 Å². The summed E-state index contributed by atoms with van der Waals surface area (Å²) in [7, 11) is 0. The molecule has 0 aliphatic heterocycles. The molecule has 106 valence electrons. The van der Waals surface area contributed by atoms with Crippen molar-refractivity contribution >= 4 is 28.6 Å². The van der Waals surface area contributed by atoms with Crippen LogP contribution in [0.3, 0.4) is 0 Å². The van der Waals surface area contributed by atoms with Crippen molar-refractivity contribution in [3.8, 4) is 0 Å². The molecule has 1 heterocycles. The summed E-state index contributed by atoms with van der Waals surface area (Å²) in [6, 6.07) is 7.30. The minimum absolute atomic E-state index is 0.0287. The van der Waals surface area contributed by atoms with Gasteiger partial charge in [-0.3, -0.25) is 14.2 Å². The van der Waals surface area contributed by atoms with Crippen LogP contribution in [0.1, 0.15) is 19.8 Å². The van der Waals surface area contributed by atoms with Crippen molar-refractivity contribution in [2.45, 2.75) is 31.5 Å². The molecule has 2 N–H and O–H groups in total. The Labute approximate surface area is 121 Å². The van der Waals surface area contributed by atoms with Crippen LogP contribution in [0.5, 0.6) is 0 Å². The molecule has 0 bridgehead atoms. The van der Waals surface area contributed by atoms with Crippen molar-refractivity contribution in [2.24, 2.45) is 5.73 Å². The number of hydrogen-bond acceptors (Lipinski definition) is 4. The van der Waals surface area contributed by atoms with E-state index in [1.54, 1.807) is 10.6 Å². The number of nitrogens with zero attached hydrogens (tertiary/aromatic N) is 2. The molecular formula is C14H17N3O2S. The zero-order chi connectivity index (χ0) is 14.5. The van der Waals surface area contributed by atoms with Gasteiger partial charge in [-0.25, -0.2) is 4.98 Å². The Bertz CT molecular complexity index is 682. The third kappa shape index (κ3) is 3.19. The van der Waals surface area contributed by atoms with E-state index in [9.17, 15) is 9.59 Å². The summed E-state index contributed by atoms with van der Waals surface area (Å²) in [5.74, 6) is 0.187. The van der Waals surface area contributed by atoms with E-state index < -0.39 is 0 Å². The molecule has 0 aliphatic rings. The minimum Gasteiger partial charge on any atom is -0.370 e. The van der Waals surface area contributed by atoms with E-state index in [2.05, 4.69) is 4.98 Å². The molecule has 6 heteroatoms. The molecule has 0 radical (unpaired) electrons. The predicted octanol–water partition coefficient (Wildman–Crippen LogP) is 1.77. The van der Waals surface area contributed by atoms with Gasteiger partial charge in [0.15, 0.2) is 5.16 Å². The molecule has 0 saturated heterocycles. The highest BCUT2D eigenvalue weighted by molar-refractivity contribution is 7.99. The predicted molar refractivity (Wildman–Crippen MR) is 80.8 cm³/mol. The summed E-state index contributed by atoms with van der Waals surface area (Å²) in [5, 5.41) is 1.28. The van der Waals surface area contributed by atoms with Gasteiger partial charge in [-0.2, -0.15) is 0 Å². The fourth-order valence-electron chi connectivity index (χ4n) is 1.92. The van der Waals surface area contributed by atoms with E-state index in [0.717, 1.165) is 6.42 Å². The molecule has 0 unspecified atom stereocenters. The average molecular weight is 291 g/mol. The number of hydrogen-bond donors (Lipinski definition) is 1. The lowest BCUT2D eigenvalue weighted by atomic mass is 10.2. The van der Waals surface area contributed by atoms with E-state index in [1.807, 2.05) is 25.1 Å².